The van der Waals surface area contributed by atoms with Crippen molar-refractivity contribution in [3.63, 3.8) is 0 Å². The monoisotopic (exact) mass is 366 g/mol. The van der Waals surface area contributed by atoms with Gasteiger partial charge in [0.1, 0.15) is 5.76 Å². The molecule has 0 unspecified atom stereocenters. The Balaban J connectivity index is 1.75. The van der Waals surface area contributed by atoms with Crippen molar-refractivity contribution in [3.05, 3.63) is 65.7 Å². The Morgan fingerprint density at radius 1 is 1.11 bits per heavy atom. The molecule has 0 aliphatic heterocycles. The Morgan fingerprint density at radius 3 is 2.52 bits per heavy atom. The highest BCUT2D eigenvalue weighted by Gasteiger charge is 2.23. The number of hydrogen-bond acceptors (Lipinski definition) is 4. The number of benzene rings is 1. The maximum Gasteiger partial charge on any atom is 0.290 e. The van der Waals surface area contributed by atoms with Gasteiger partial charge in [0.15, 0.2) is 5.76 Å². The summed E-state index contributed by atoms with van der Waals surface area (Å²) in [6.07, 6.45) is 0. The molecule has 0 fully saturated rings. The van der Waals surface area contributed by atoms with Crippen molar-refractivity contribution < 1.29 is 9.21 Å². The molecular formula is C21H26N4O2. The van der Waals surface area contributed by atoms with Gasteiger partial charge >= 0.3 is 0 Å². The average Bonchev–Trinajstić information content (AvgIpc) is 3.29. The summed E-state index contributed by atoms with van der Waals surface area (Å²) in [5.74, 6) is 1.02. The van der Waals surface area contributed by atoms with E-state index in [1.807, 2.05) is 75.3 Å². The molecule has 3 rings (SSSR count). The molecule has 0 atom stereocenters. The Kier molecular flexibility index (Phi) is 5.76. The minimum atomic E-state index is -0.120. The first-order valence-corrected chi connectivity index (χ1v) is 9.08. The number of carbonyl (C=O) groups excluding carboxylic acids is 1. The van der Waals surface area contributed by atoms with Crippen LogP contribution in [0.5, 0.6) is 0 Å². The summed E-state index contributed by atoms with van der Waals surface area (Å²) < 4.78 is 5.74. The van der Waals surface area contributed by atoms with Gasteiger partial charge in [-0.25, -0.2) is 0 Å². The molecule has 3 aromatic rings. The predicted octanol–water partition coefficient (Wildman–Crippen LogP) is 3.78. The van der Waals surface area contributed by atoms with Crippen LogP contribution < -0.4 is 0 Å². The van der Waals surface area contributed by atoms with Crippen LogP contribution in [0.3, 0.4) is 0 Å². The van der Waals surface area contributed by atoms with E-state index in [9.17, 15) is 4.79 Å². The molecule has 2 heterocycles. The van der Waals surface area contributed by atoms with E-state index in [0.717, 1.165) is 22.7 Å². The lowest BCUT2D eigenvalue weighted by molar-refractivity contribution is 0.0652. The summed E-state index contributed by atoms with van der Waals surface area (Å²) in [4.78, 5) is 16.7. The summed E-state index contributed by atoms with van der Waals surface area (Å²) in [6.45, 7) is 5.10. The lowest BCUT2D eigenvalue weighted by Gasteiger charge is -2.25. The van der Waals surface area contributed by atoms with E-state index in [4.69, 9.17) is 4.42 Å². The van der Waals surface area contributed by atoms with Gasteiger partial charge in [-0.1, -0.05) is 30.3 Å². The molecule has 27 heavy (non-hydrogen) atoms. The minimum Gasteiger partial charge on any atom is -0.455 e. The zero-order valence-electron chi connectivity index (χ0n) is 16.3. The van der Waals surface area contributed by atoms with Crippen molar-refractivity contribution in [1.82, 2.24) is 20.0 Å². The second-order valence-corrected chi connectivity index (χ2v) is 7.17. The van der Waals surface area contributed by atoms with Crippen molar-refractivity contribution in [2.75, 3.05) is 14.1 Å². The molecule has 1 N–H and O–H groups in total. The number of hydrogen-bond donors (Lipinski definition) is 1. The fourth-order valence-electron chi connectivity index (χ4n) is 2.90. The van der Waals surface area contributed by atoms with Gasteiger partial charge in [-0.15, -0.1) is 0 Å². The van der Waals surface area contributed by atoms with Crippen molar-refractivity contribution >= 4 is 5.91 Å². The van der Waals surface area contributed by atoms with E-state index in [2.05, 4.69) is 10.2 Å². The van der Waals surface area contributed by atoms with E-state index in [0.29, 0.717) is 18.8 Å². The number of aromatic nitrogens is 2. The summed E-state index contributed by atoms with van der Waals surface area (Å²) in [7, 11) is 3.93. The predicted molar refractivity (Wildman–Crippen MR) is 105 cm³/mol. The number of nitrogens with one attached hydrogen (secondary N) is 1. The lowest BCUT2D eigenvalue weighted by atomic mass is 10.1. The minimum absolute atomic E-state index is 0.0309. The van der Waals surface area contributed by atoms with Crippen LogP contribution in [-0.2, 0) is 13.1 Å². The third kappa shape index (κ3) is 4.65. The average molecular weight is 366 g/mol. The molecule has 2 aromatic heterocycles. The Hall–Kier alpha value is -2.86. The van der Waals surface area contributed by atoms with Crippen LogP contribution in [0.25, 0.3) is 11.3 Å². The molecule has 1 amide bonds. The first-order chi connectivity index (χ1) is 12.9. The third-order valence-electron chi connectivity index (χ3n) is 4.27. The molecule has 0 spiro atoms. The van der Waals surface area contributed by atoms with Gasteiger partial charge in [0, 0.05) is 11.6 Å². The van der Waals surface area contributed by atoms with Crippen LogP contribution in [0.2, 0.25) is 0 Å². The van der Waals surface area contributed by atoms with Crippen LogP contribution in [0.1, 0.15) is 35.9 Å². The summed E-state index contributed by atoms with van der Waals surface area (Å²) in [5.41, 5.74) is 2.80. The lowest BCUT2D eigenvalue weighted by Crippen LogP contribution is -2.36. The quantitative estimate of drug-likeness (QED) is 0.691. The van der Waals surface area contributed by atoms with E-state index >= 15 is 0 Å². The molecule has 6 nitrogen and oxygen atoms in total. The van der Waals surface area contributed by atoms with E-state index in [-0.39, 0.29) is 11.9 Å². The van der Waals surface area contributed by atoms with Gasteiger partial charge in [-0.3, -0.25) is 9.89 Å². The van der Waals surface area contributed by atoms with Gasteiger partial charge in [0.05, 0.1) is 24.5 Å². The fraction of sp³-hybridized carbons (Fsp3) is 0.333. The third-order valence-corrected chi connectivity index (χ3v) is 4.27. The van der Waals surface area contributed by atoms with Crippen LogP contribution in [-0.4, -0.2) is 46.0 Å². The largest absolute Gasteiger partial charge is 0.455 e. The Labute approximate surface area is 159 Å². The number of furan rings is 1. The summed E-state index contributed by atoms with van der Waals surface area (Å²) in [5, 5.41) is 7.42. The van der Waals surface area contributed by atoms with Crippen molar-refractivity contribution in [2.24, 2.45) is 0 Å². The standard InChI is InChI=1S/C21H26N4O2/c1-15(2)25(21(26)20-11-10-18(27-20)14-24(3)4)13-17-12-19(23-22-17)16-8-6-5-7-9-16/h5-12,15H,13-14H2,1-4H3,(H,22,23). The van der Waals surface area contributed by atoms with Crippen molar-refractivity contribution in [2.45, 2.75) is 33.0 Å². The molecule has 0 radical (unpaired) electrons. The van der Waals surface area contributed by atoms with Crippen LogP contribution in [0.4, 0.5) is 0 Å². The fourth-order valence-corrected chi connectivity index (χ4v) is 2.90. The van der Waals surface area contributed by atoms with Crippen molar-refractivity contribution in [3.8, 4) is 11.3 Å². The van der Waals surface area contributed by atoms with Crippen molar-refractivity contribution in [1.29, 1.82) is 0 Å². The summed E-state index contributed by atoms with van der Waals surface area (Å²) >= 11 is 0. The highest BCUT2D eigenvalue weighted by molar-refractivity contribution is 5.91. The molecule has 0 bridgehead atoms. The first kappa shape index (κ1) is 18.9. The van der Waals surface area contributed by atoms with Gasteiger partial charge in [-0.2, -0.15) is 5.10 Å². The van der Waals surface area contributed by atoms with Gasteiger partial charge in [0.2, 0.25) is 0 Å². The Bertz CT molecular complexity index is 880. The topological polar surface area (TPSA) is 65.4 Å². The summed E-state index contributed by atoms with van der Waals surface area (Å²) in [6, 6.07) is 15.6. The molecule has 0 saturated carbocycles. The zero-order valence-corrected chi connectivity index (χ0v) is 16.3. The SMILES string of the molecule is CC(C)N(Cc1cc(-c2ccccc2)n[nH]1)C(=O)c1ccc(CN(C)C)o1. The van der Waals surface area contributed by atoms with Gasteiger partial charge in [-0.05, 0) is 46.1 Å². The smallest absolute Gasteiger partial charge is 0.290 e. The molecule has 142 valence electrons. The highest BCUT2D eigenvalue weighted by atomic mass is 16.4. The normalized spacial score (nSPS) is 11.3. The second-order valence-electron chi connectivity index (χ2n) is 7.17. The number of H-pyrrole nitrogens is 1. The number of carbonyl (C=O) groups is 1. The molecule has 0 saturated heterocycles. The number of aromatic amines is 1. The van der Waals surface area contributed by atoms with E-state index < -0.39 is 0 Å². The first-order valence-electron chi connectivity index (χ1n) is 9.08. The molecule has 1 aromatic carbocycles. The van der Waals surface area contributed by atoms with E-state index in [1.165, 1.54) is 0 Å². The van der Waals surface area contributed by atoms with E-state index in [1.54, 1.807) is 11.0 Å². The number of amides is 1. The maximum atomic E-state index is 13.0. The van der Waals surface area contributed by atoms with Crippen LogP contribution in [0, 0.1) is 0 Å². The molecule has 6 heteroatoms. The highest BCUT2D eigenvalue weighted by Crippen LogP contribution is 2.20. The number of nitrogens with zero attached hydrogens (tertiary/aromatic N) is 3. The van der Waals surface area contributed by atoms with Crippen LogP contribution >= 0.6 is 0 Å². The second kappa shape index (κ2) is 8.22. The zero-order chi connectivity index (χ0) is 19.4. The Morgan fingerprint density at radius 2 is 1.85 bits per heavy atom. The maximum absolute atomic E-state index is 13.0. The molecule has 0 aliphatic carbocycles. The molecule has 0 aliphatic rings. The van der Waals surface area contributed by atoms with Crippen LogP contribution in [0.15, 0.2) is 52.9 Å². The van der Waals surface area contributed by atoms with Gasteiger partial charge in [0.25, 0.3) is 5.91 Å². The van der Waals surface area contributed by atoms with Gasteiger partial charge < -0.3 is 14.2 Å². The number of rotatable bonds is 7. The molecular weight excluding hydrogens is 340 g/mol.